The van der Waals surface area contributed by atoms with E-state index in [9.17, 15) is 4.79 Å². The molecule has 1 aliphatic heterocycles. The summed E-state index contributed by atoms with van der Waals surface area (Å²) in [7, 11) is 0. The first-order valence-electron chi connectivity index (χ1n) is 11.4. The summed E-state index contributed by atoms with van der Waals surface area (Å²) >= 11 is 1.52. The van der Waals surface area contributed by atoms with Gasteiger partial charge in [0.1, 0.15) is 4.88 Å². The van der Waals surface area contributed by atoms with Gasteiger partial charge >= 0.3 is 0 Å². The molecule has 4 nitrogen and oxygen atoms in total. The van der Waals surface area contributed by atoms with E-state index >= 15 is 0 Å². The summed E-state index contributed by atoms with van der Waals surface area (Å²) in [5, 5.41) is 0.934. The average molecular weight is 454 g/mol. The highest BCUT2D eigenvalue weighted by atomic mass is 32.1. The van der Waals surface area contributed by atoms with Crippen molar-refractivity contribution < 1.29 is 4.79 Å². The molecule has 166 valence electrons. The second kappa shape index (κ2) is 9.69. The summed E-state index contributed by atoms with van der Waals surface area (Å²) in [6.45, 7) is 6.79. The van der Waals surface area contributed by atoms with Crippen LogP contribution in [0, 0.1) is 6.92 Å². The zero-order valence-electron chi connectivity index (χ0n) is 18.8. The molecule has 3 aromatic carbocycles. The molecule has 2 heterocycles. The number of nitrogens with zero attached hydrogens (tertiary/aromatic N) is 3. The van der Waals surface area contributed by atoms with Gasteiger partial charge in [0, 0.05) is 43.9 Å². The summed E-state index contributed by atoms with van der Waals surface area (Å²) in [6.07, 6.45) is 0. The molecule has 33 heavy (non-hydrogen) atoms. The molecule has 0 N–H and O–H groups in total. The first kappa shape index (κ1) is 21.6. The number of ketones is 1. The number of carbonyl (C=O) groups is 1. The van der Waals surface area contributed by atoms with Crippen molar-refractivity contribution in [3.63, 3.8) is 0 Å². The van der Waals surface area contributed by atoms with E-state index in [4.69, 9.17) is 4.98 Å². The van der Waals surface area contributed by atoms with Gasteiger partial charge in [-0.15, -0.1) is 0 Å². The summed E-state index contributed by atoms with van der Waals surface area (Å²) in [5.41, 5.74) is 4.97. The zero-order valence-corrected chi connectivity index (χ0v) is 19.6. The van der Waals surface area contributed by atoms with Crippen LogP contribution in [-0.4, -0.2) is 41.8 Å². The molecule has 4 aromatic rings. The van der Waals surface area contributed by atoms with Crippen molar-refractivity contribution in [1.29, 1.82) is 0 Å². The van der Waals surface area contributed by atoms with Crippen LogP contribution in [0.15, 0.2) is 84.9 Å². The van der Waals surface area contributed by atoms with Gasteiger partial charge in [0.15, 0.2) is 5.13 Å². The molecule has 0 amide bonds. The fraction of sp³-hybridized carbons (Fsp3) is 0.214. The molecule has 0 radical (unpaired) electrons. The molecule has 5 rings (SSSR count). The summed E-state index contributed by atoms with van der Waals surface area (Å²) in [5.74, 6) is 0.0420. The van der Waals surface area contributed by atoms with Crippen LogP contribution >= 0.6 is 11.3 Å². The molecule has 1 aliphatic rings. The Labute approximate surface area is 199 Å². The van der Waals surface area contributed by atoms with Gasteiger partial charge in [-0.3, -0.25) is 9.69 Å². The molecule has 0 saturated carbocycles. The van der Waals surface area contributed by atoms with Crippen molar-refractivity contribution in [2.45, 2.75) is 13.5 Å². The van der Waals surface area contributed by atoms with E-state index in [0.717, 1.165) is 54.7 Å². The minimum absolute atomic E-state index is 0.0420. The van der Waals surface area contributed by atoms with Crippen molar-refractivity contribution in [3.05, 3.63) is 106 Å². The maximum absolute atomic E-state index is 13.4. The van der Waals surface area contributed by atoms with Crippen LogP contribution in [0.3, 0.4) is 0 Å². The van der Waals surface area contributed by atoms with Crippen LogP contribution in [0.5, 0.6) is 0 Å². The summed E-state index contributed by atoms with van der Waals surface area (Å²) in [4.78, 5) is 23.9. The Balaban J connectivity index is 1.38. The van der Waals surface area contributed by atoms with E-state index in [0.29, 0.717) is 10.4 Å². The van der Waals surface area contributed by atoms with E-state index in [1.165, 1.54) is 16.9 Å². The van der Waals surface area contributed by atoms with Crippen molar-refractivity contribution in [2.75, 3.05) is 31.1 Å². The van der Waals surface area contributed by atoms with Crippen LogP contribution in [0.2, 0.25) is 0 Å². The van der Waals surface area contributed by atoms with Gasteiger partial charge in [-0.1, -0.05) is 102 Å². The van der Waals surface area contributed by atoms with Crippen LogP contribution < -0.4 is 4.90 Å². The maximum atomic E-state index is 13.4. The molecular weight excluding hydrogens is 426 g/mol. The monoisotopic (exact) mass is 453 g/mol. The number of benzene rings is 3. The number of aromatic nitrogens is 1. The molecule has 0 aliphatic carbocycles. The third-order valence-corrected chi connectivity index (χ3v) is 7.19. The fourth-order valence-electron chi connectivity index (χ4n) is 4.16. The Morgan fingerprint density at radius 1 is 0.848 bits per heavy atom. The van der Waals surface area contributed by atoms with Crippen molar-refractivity contribution in [2.24, 2.45) is 0 Å². The Hall–Kier alpha value is -3.28. The highest BCUT2D eigenvalue weighted by Crippen LogP contribution is 2.35. The average Bonchev–Trinajstić information content (AvgIpc) is 3.31. The molecule has 0 atom stereocenters. The van der Waals surface area contributed by atoms with Crippen LogP contribution in [-0.2, 0) is 6.54 Å². The standard InChI is InChI=1S/C28H27N3OS/c1-21-12-14-24(15-13-21)26(32)27-25(23-10-6-3-7-11-23)29-28(33-27)31-18-16-30(17-19-31)20-22-8-4-2-5-9-22/h2-15H,16-20H2,1H3. The largest absolute Gasteiger partial charge is 0.345 e. The number of carbonyl (C=O) groups excluding carboxylic acids is 1. The number of hydrogen-bond acceptors (Lipinski definition) is 5. The lowest BCUT2D eigenvalue weighted by atomic mass is 10.0. The molecule has 0 bridgehead atoms. The SMILES string of the molecule is Cc1ccc(C(=O)c2sc(N3CCN(Cc4ccccc4)CC3)nc2-c2ccccc2)cc1. The first-order valence-corrected chi connectivity index (χ1v) is 12.2. The first-order chi connectivity index (χ1) is 16.2. The van der Waals surface area contributed by atoms with Gasteiger partial charge in [0.2, 0.25) is 5.78 Å². The Morgan fingerprint density at radius 2 is 1.48 bits per heavy atom. The third kappa shape index (κ3) is 4.90. The second-order valence-corrected chi connectivity index (χ2v) is 9.46. The summed E-state index contributed by atoms with van der Waals surface area (Å²) < 4.78 is 0. The van der Waals surface area contributed by atoms with E-state index in [1.54, 1.807) is 0 Å². The normalized spacial score (nSPS) is 14.4. The van der Waals surface area contributed by atoms with Gasteiger partial charge < -0.3 is 4.90 Å². The third-order valence-electron chi connectivity index (χ3n) is 6.07. The smallest absolute Gasteiger partial charge is 0.205 e. The predicted molar refractivity (Wildman–Crippen MR) is 136 cm³/mol. The number of piperazine rings is 1. The lowest BCUT2D eigenvalue weighted by molar-refractivity contribution is 0.104. The molecule has 1 aromatic heterocycles. The van der Waals surface area contributed by atoms with Gasteiger partial charge in [-0.2, -0.15) is 0 Å². The van der Waals surface area contributed by atoms with Crippen LogP contribution in [0.25, 0.3) is 11.3 Å². The highest BCUT2D eigenvalue weighted by molar-refractivity contribution is 7.18. The molecule has 1 fully saturated rings. The fourth-order valence-corrected chi connectivity index (χ4v) is 5.27. The van der Waals surface area contributed by atoms with E-state index in [-0.39, 0.29) is 5.78 Å². The van der Waals surface area contributed by atoms with Gasteiger partial charge in [-0.05, 0) is 12.5 Å². The maximum Gasteiger partial charge on any atom is 0.205 e. The molecule has 0 unspecified atom stereocenters. The topological polar surface area (TPSA) is 36.4 Å². The lowest BCUT2D eigenvalue weighted by Crippen LogP contribution is -2.45. The van der Waals surface area contributed by atoms with Gasteiger partial charge in [0.05, 0.1) is 5.69 Å². The molecule has 0 spiro atoms. The summed E-state index contributed by atoms with van der Waals surface area (Å²) in [6, 6.07) is 28.5. The highest BCUT2D eigenvalue weighted by Gasteiger charge is 2.25. The Morgan fingerprint density at radius 3 is 2.15 bits per heavy atom. The van der Waals surface area contributed by atoms with Crippen molar-refractivity contribution in [1.82, 2.24) is 9.88 Å². The predicted octanol–water partition coefficient (Wildman–Crippen LogP) is 5.67. The molecule has 5 heteroatoms. The van der Waals surface area contributed by atoms with E-state index in [1.807, 2.05) is 61.5 Å². The number of aryl methyl sites for hydroxylation is 1. The minimum Gasteiger partial charge on any atom is -0.345 e. The van der Waals surface area contributed by atoms with Crippen LogP contribution in [0.4, 0.5) is 5.13 Å². The van der Waals surface area contributed by atoms with Crippen molar-refractivity contribution in [3.8, 4) is 11.3 Å². The number of hydrogen-bond donors (Lipinski definition) is 0. The van der Waals surface area contributed by atoms with Gasteiger partial charge in [-0.25, -0.2) is 4.98 Å². The Bertz CT molecular complexity index is 1210. The Kier molecular flexibility index (Phi) is 6.33. The minimum atomic E-state index is 0.0420. The van der Waals surface area contributed by atoms with Crippen molar-refractivity contribution >= 4 is 22.3 Å². The lowest BCUT2D eigenvalue weighted by Gasteiger charge is -2.34. The molecular formula is C28H27N3OS. The van der Waals surface area contributed by atoms with Crippen LogP contribution in [0.1, 0.15) is 26.4 Å². The number of rotatable bonds is 6. The number of anilines is 1. The second-order valence-electron chi connectivity index (χ2n) is 8.48. The quantitative estimate of drug-likeness (QED) is 0.352. The van der Waals surface area contributed by atoms with Gasteiger partial charge in [0.25, 0.3) is 0 Å². The molecule has 1 saturated heterocycles. The van der Waals surface area contributed by atoms with E-state index in [2.05, 4.69) is 40.1 Å². The van der Waals surface area contributed by atoms with E-state index < -0.39 is 0 Å². The zero-order chi connectivity index (χ0) is 22.6. The number of thiazole rings is 1.